The monoisotopic (exact) mass is 1160 g/mol. The molecule has 2 heterocycles. The van der Waals surface area contributed by atoms with E-state index in [1.165, 1.54) is 0 Å². The van der Waals surface area contributed by atoms with Gasteiger partial charge >= 0.3 is 0 Å². The predicted molar refractivity (Wildman–Crippen MR) is 321 cm³/mol. The second-order valence-electron chi connectivity index (χ2n) is 21.9. The molecule has 22 heteroatoms. The SMILES string of the molecule is CCCCCCC[C@@H](O)CC(=O)N[C@H](CCN)C(=O)C[C@H]1CCNC(=O)[C@H](Cc2c[nH]c3ccccc23)NC(=O)[C@H](CCN)NC(=O)[C@H](CCN)NC(=O)[C@H](CCc2ccccc2)NC(=O)[C@@H](Cc2ccccc2)CC(=O)[C@H](CCN)NC1=O. The Hall–Kier alpha value is -7.37. The van der Waals surface area contributed by atoms with E-state index in [1.807, 2.05) is 54.6 Å². The minimum Gasteiger partial charge on any atom is -0.393 e. The van der Waals surface area contributed by atoms with Crippen LogP contribution in [-0.4, -0.2) is 138 Å². The highest BCUT2D eigenvalue weighted by Gasteiger charge is 2.36. The smallest absolute Gasteiger partial charge is 0.243 e. The van der Waals surface area contributed by atoms with Crippen LogP contribution in [0.2, 0.25) is 0 Å². The summed E-state index contributed by atoms with van der Waals surface area (Å²) < 4.78 is 0. The number of hydrogen-bond acceptors (Lipinski definition) is 14. The number of rotatable bonds is 27. The molecule has 1 aromatic heterocycles. The maximum absolute atomic E-state index is 14.8. The Balaban J connectivity index is 1.54. The number of H-pyrrole nitrogens is 1. The maximum atomic E-state index is 14.8. The number of fused-ring (bicyclic) bond motifs is 1. The van der Waals surface area contributed by atoms with Crippen molar-refractivity contribution in [1.82, 2.24) is 42.2 Å². The fourth-order valence-corrected chi connectivity index (χ4v) is 10.5. The van der Waals surface area contributed by atoms with Crippen LogP contribution in [0.25, 0.3) is 10.9 Å². The lowest BCUT2D eigenvalue weighted by molar-refractivity contribution is -0.136. The van der Waals surface area contributed by atoms with Gasteiger partial charge in [0.1, 0.15) is 24.2 Å². The number of aliphatic hydroxyl groups excluding tert-OH is 1. The average molecular weight is 1160 g/mol. The van der Waals surface area contributed by atoms with Gasteiger partial charge < -0.3 is 70.2 Å². The van der Waals surface area contributed by atoms with E-state index in [9.17, 15) is 48.3 Å². The normalized spacial score (nSPS) is 21.7. The molecule has 5 rings (SSSR count). The molecule has 9 atom stereocenters. The number of carbonyl (C=O) groups is 9. The summed E-state index contributed by atoms with van der Waals surface area (Å²) in [4.78, 5) is 133. The zero-order valence-electron chi connectivity index (χ0n) is 48.6. The Kier molecular flexibility index (Phi) is 29.2. The summed E-state index contributed by atoms with van der Waals surface area (Å²) in [6, 6.07) is 18.0. The van der Waals surface area contributed by atoms with Crippen LogP contribution in [0.1, 0.15) is 120 Å². The number of aromatic amines is 1. The Morgan fingerprint density at radius 2 is 1.13 bits per heavy atom. The number of aromatic nitrogens is 1. The fourth-order valence-electron chi connectivity index (χ4n) is 10.5. The number of aliphatic hydroxyl groups is 1. The van der Waals surface area contributed by atoms with Crippen molar-refractivity contribution in [3.63, 3.8) is 0 Å². The second kappa shape index (κ2) is 36.4. The van der Waals surface area contributed by atoms with Gasteiger partial charge in [0.25, 0.3) is 0 Å². The summed E-state index contributed by atoms with van der Waals surface area (Å²) in [5, 5.41) is 31.0. The van der Waals surface area contributed by atoms with Gasteiger partial charge in [-0.25, -0.2) is 0 Å². The van der Waals surface area contributed by atoms with Gasteiger partial charge in [0, 0.05) is 54.7 Å². The molecule has 7 amide bonds. The Bertz CT molecular complexity index is 2750. The third-order valence-corrected chi connectivity index (χ3v) is 15.3. The van der Waals surface area contributed by atoms with Crippen molar-refractivity contribution in [3.05, 3.63) is 108 Å². The molecule has 0 unspecified atom stereocenters. The molecule has 0 spiro atoms. The van der Waals surface area contributed by atoms with Crippen LogP contribution in [-0.2, 0) is 62.4 Å². The summed E-state index contributed by atoms with van der Waals surface area (Å²) in [7, 11) is 0. The standard InChI is InChI=1S/C62H90N12O10/c1-2-3-4-5-12-19-45(75)38-56(78)69-48(24-29-63)54(76)36-42-28-33-67-59(81)53(35-44-39-68-47-21-14-13-20-46(44)47)74-62(84)52(27-32-66)73-61(83)51(26-31-65)72-60(82)50(23-22-40-15-8-6-9-16-40)71-58(80)43(34-41-17-10-7-11-18-41)37-55(77)49(25-30-64)70-57(42)79/h6-11,13-18,20-21,39,42-43,45,48-53,68,75H,2-5,12,19,22-38,63-66H2,1H3,(H,67,81)(H,69,78)(H,70,79)(H,71,80)(H,72,82)(H,73,83)(H,74,84)/t42-,43+,45-,48-,49+,50+,51+,52+,53+/m1/s1. The molecule has 84 heavy (non-hydrogen) atoms. The third kappa shape index (κ3) is 22.3. The number of nitrogens with two attached hydrogens (primary N) is 4. The first-order chi connectivity index (χ1) is 40.6. The molecule has 0 radical (unpaired) electrons. The molecule has 1 saturated heterocycles. The van der Waals surface area contributed by atoms with Gasteiger partial charge in [-0.1, -0.05) is 118 Å². The molecule has 22 nitrogen and oxygen atoms in total. The van der Waals surface area contributed by atoms with Crippen LogP contribution in [0.5, 0.6) is 0 Å². The number of unbranched alkanes of at least 4 members (excludes halogenated alkanes) is 4. The van der Waals surface area contributed by atoms with Gasteiger partial charge in [0.15, 0.2) is 11.6 Å². The van der Waals surface area contributed by atoms with E-state index in [1.54, 1.807) is 36.5 Å². The lowest BCUT2D eigenvalue weighted by Crippen LogP contribution is -2.59. The van der Waals surface area contributed by atoms with Crippen molar-refractivity contribution in [3.8, 4) is 0 Å². The summed E-state index contributed by atoms with van der Waals surface area (Å²) in [6.45, 7) is 1.65. The van der Waals surface area contributed by atoms with E-state index in [0.717, 1.165) is 48.6 Å². The minimum absolute atomic E-state index is 0.00514. The average Bonchev–Trinajstić information content (AvgIpc) is 3.87. The minimum atomic E-state index is -1.31. The number of amides is 7. The van der Waals surface area contributed by atoms with Gasteiger partial charge in [-0.15, -0.1) is 0 Å². The second-order valence-corrected chi connectivity index (χ2v) is 21.9. The Morgan fingerprint density at radius 1 is 0.583 bits per heavy atom. The largest absolute Gasteiger partial charge is 0.393 e. The van der Waals surface area contributed by atoms with Crippen molar-refractivity contribution in [2.45, 2.75) is 165 Å². The first kappa shape index (κ1) is 67.4. The van der Waals surface area contributed by atoms with E-state index in [2.05, 4.69) is 49.1 Å². The number of carbonyl (C=O) groups excluding carboxylic acids is 9. The van der Waals surface area contributed by atoms with Gasteiger partial charge in [-0.2, -0.15) is 0 Å². The van der Waals surface area contributed by atoms with Crippen molar-refractivity contribution >= 4 is 63.8 Å². The molecular weight excluding hydrogens is 1070 g/mol. The number of nitrogens with one attached hydrogen (secondary N) is 8. The van der Waals surface area contributed by atoms with Gasteiger partial charge in [-0.3, -0.25) is 43.2 Å². The molecule has 0 aliphatic carbocycles. The van der Waals surface area contributed by atoms with E-state index >= 15 is 0 Å². The van der Waals surface area contributed by atoms with Crippen molar-refractivity contribution in [1.29, 1.82) is 0 Å². The highest BCUT2D eigenvalue weighted by Crippen LogP contribution is 2.22. The number of Topliss-reactive ketones (excluding diaryl/α,β-unsaturated/α-hetero) is 2. The van der Waals surface area contributed by atoms with E-state index in [0.29, 0.717) is 24.0 Å². The molecular formula is C62H90N12O10. The van der Waals surface area contributed by atoms with Crippen molar-refractivity contribution < 1.29 is 48.3 Å². The molecule has 3 aromatic carbocycles. The topological polar surface area (TPSA) is 378 Å². The van der Waals surface area contributed by atoms with E-state index in [-0.39, 0.29) is 90.5 Å². The number of para-hydroxylation sites is 1. The van der Waals surface area contributed by atoms with Crippen LogP contribution >= 0.6 is 0 Å². The van der Waals surface area contributed by atoms with Gasteiger partial charge in [-0.05, 0) is 107 Å². The molecule has 4 aromatic rings. The summed E-state index contributed by atoms with van der Waals surface area (Å²) in [5.41, 5.74) is 27.1. The highest BCUT2D eigenvalue weighted by molar-refractivity contribution is 5.98. The van der Waals surface area contributed by atoms with Gasteiger partial charge in [0.05, 0.1) is 24.6 Å². The highest BCUT2D eigenvalue weighted by atomic mass is 16.3. The Morgan fingerprint density at radius 3 is 1.76 bits per heavy atom. The molecule has 1 fully saturated rings. The summed E-state index contributed by atoms with van der Waals surface area (Å²) in [5.74, 6) is -8.42. The quantitative estimate of drug-likeness (QED) is 0.0378. The van der Waals surface area contributed by atoms with Crippen molar-refractivity contribution in [2.75, 3.05) is 32.7 Å². The predicted octanol–water partition coefficient (Wildman–Crippen LogP) is 1.67. The third-order valence-electron chi connectivity index (χ3n) is 15.3. The first-order valence-corrected chi connectivity index (χ1v) is 29.8. The van der Waals surface area contributed by atoms with Crippen LogP contribution in [0, 0.1) is 11.8 Å². The lowest BCUT2D eigenvalue weighted by Gasteiger charge is -2.27. The van der Waals surface area contributed by atoms with Crippen LogP contribution < -0.4 is 60.2 Å². The van der Waals surface area contributed by atoms with E-state index < -0.39 is 120 Å². The van der Waals surface area contributed by atoms with Crippen LogP contribution in [0.15, 0.2) is 91.1 Å². The summed E-state index contributed by atoms with van der Waals surface area (Å²) in [6.07, 6.45) is 4.77. The molecule has 0 bridgehead atoms. The molecule has 1 aliphatic rings. The van der Waals surface area contributed by atoms with E-state index in [4.69, 9.17) is 22.9 Å². The first-order valence-electron chi connectivity index (χ1n) is 29.8. The zero-order valence-corrected chi connectivity index (χ0v) is 48.6. The molecule has 17 N–H and O–H groups in total. The molecule has 458 valence electrons. The van der Waals surface area contributed by atoms with Gasteiger partial charge in [0.2, 0.25) is 41.4 Å². The molecule has 0 saturated carbocycles. The Labute approximate surface area is 492 Å². The summed E-state index contributed by atoms with van der Waals surface area (Å²) >= 11 is 0. The van der Waals surface area contributed by atoms with Crippen LogP contribution in [0.4, 0.5) is 0 Å². The number of hydrogen-bond donors (Lipinski definition) is 13. The number of benzene rings is 3. The lowest BCUT2D eigenvalue weighted by atomic mass is 9.89. The zero-order chi connectivity index (χ0) is 60.8. The maximum Gasteiger partial charge on any atom is 0.243 e. The number of ketones is 2. The number of aryl methyl sites for hydroxylation is 1. The fraction of sp³-hybridized carbons (Fsp3) is 0.532. The van der Waals surface area contributed by atoms with Crippen molar-refractivity contribution in [2.24, 2.45) is 34.8 Å². The van der Waals surface area contributed by atoms with Crippen LogP contribution in [0.3, 0.4) is 0 Å². The molecule has 1 aliphatic heterocycles.